The number of carbonyl (C=O) groups is 1. The van der Waals surface area contributed by atoms with Crippen LogP contribution in [0, 0.1) is 0 Å². The molecule has 2 N–H and O–H groups in total. The Labute approximate surface area is 132 Å². The van der Waals surface area contributed by atoms with Crippen LogP contribution >= 0.6 is 11.8 Å². The minimum absolute atomic E-state index is 0.0123. The number of ether oxygens (including phenoxy) is 1. The second-order valence-corrected chi connectivity index (χ2v) is 7.49. The lowest BCUT2D eigenvalue weighted by atomic mass is 10.3. The molecule has 0 aliphatic rings. The third-order valence-electron chi connectivity index (χ3n) is 3.14. The molecule has 7 nitrogen and oxygen atoms in total. The molecule has 2 aromatic rings. The van der Waals surface area contributed by atoms with E-state index in [1.165, 1.54) is 31.0 Å². The Morgan fingerprint density at radius 1 is 1.50 bits per heavy atom. The van der Waals surface area contributed by atoms with Crippen molar-refractivity contribution >= 4 is 38.8 Å². The molecule has 0 fully saturated rings. The number of rotatable bonds is 5. The van der Waals surface area contributed by atoms with Gasteiger partial charge in [-0.2, -0.15) is 0 Å². The quantitative estimate of drug-likeness (QED) is 0.649. The van der Waals surface area contributed by atoms with Crippen LogP contribution in [-0.2, 0) is 26.1 Å². The molecule has 1 unspecified atom stereocenters. The molecule has 22 heavy (non-hydrogen) atoms. The van der Waals surface area contributed by atoms with Crippen LogP contribution in [0.25, 0.3) is 11.0 Å². The SMILES string of the molecule is CCn1c(SC(C)C(=O)OC)nc2cc(S(N)(=O)=O)ccc21. The highest BCUT2D eigenvalue weighted by molar-refractivity contribution is 8.00. The van der Waals surface area contributed by atoms with Crippen molar-refractivity contribution in [3.8, 4) is 0 Å². The van der Waals surface area contributed by atoms with Gasteiger partial charge in [0.15, 0.2) is 5.16 Å². The van der Waals surface area contributed by atoms with E-state index in [1.54, 1.807) is 13.0 Å². The minimum Gasteiger partial charge on any atom is -0.468 e. The van der Waals surface area contributed by atoms with Gasteiger partial charge in [0.25, 0.3) is 0 Å². The summed E-state index contributed by atoms with van der Waals surface area (Å²) < 4.78 is 29.5. The first kappa shape index (κ1) is 16.8. The van der Waals surface area contributed by atoms with Crippen molar-refractivity contribution in [3.63, 3.8) is 0 Å². The highest BCUT2D eigenvalue weighted by Crippen LogP contribution is 2.28. The number of thioether (sulfide) groups is 1. The molecule has 1 aromatic carbocycles. The fourth-order valence-corrected chi connectivity index (χ4v) is 3.58. The second-order valence-electron chi connectivity index (χ2n) is 4.62. The second kappa shape index (κ2) is 6.27. The summed E-state index contributed by atoms with van der Waals surface area (Å²) in [6.07, 6.45) is 0. The average Bonchev–Trinajstić information content (AvgIpc) is 2.81. The lowest BCUT2D eigenvalue weighted by molar-refractivity contribution is -0.139. The maximum absolute atomic E-state index is 11.5. The van der Waals surface area contributed by atoms with E-state index in [-0.39, 0.29) is 10.9 Å². The number of esters is 1. The molecule has 1 aromatic heterocycles. The number of hydrogen-bond acceptors (Lipinski definition) is 6. The summed E-state index contributed by atoms with van der Waals surface area (Å²) in [7, 11) is -2.44. The lowest BCUT2D eigenvalue weighted by Crippen LogP contribution is -2.15. The topological polar surface area (TPSA) is 104 Å². The van der Waals surface area contributed by atoms with Crippen LogP contribution in [0.2, 0.25) is 0 Å². The average molecular weight is 343 g/mol. The predicted octanol–water partition coefficient (Wildman–Crippen LogP) is 1.36. The fourth-order valence-electron chi connectivity index (χ4n) is 2.03. The molecule has 1 atom stereocenters. The van der Waals surface area contributed by atoms with Gasteiger partial charge >= 0.3 is 5.97 Å². The van der Waals surface area contributed by atoms with E-state index in [2.05, 4.69) is 4.98 Å². The zero-order chi connectivity index (χ0) is 16.5. The molecule has 0 spiro atoms. The predicted molar refractivity (Wildman–Crippen MR) is 84.1 cm³/mol. The van der Waals surface area contributed by atoms with E-state index in [4.69, 9.17) is 9.88 Å². The number of fused-ring (bicyclic) bond motifs is 1. The monoisotopic (exact) mass is 343 g/mol. The van der Waals surface area contributed by atoms with Crippen LogP contribution in [0.3, 0.4) is 0 Å². The Morgan fingerprint density at radius 2 is 2.18 bits per heavy atom. The van der Waals surface area contributed by atoms with Crippen LogP contribution in [0.5, 0.6) is 0 Å². The van der Waals surface area contributed by atoms with E-state index < -0.39 is 15.3 Å². The Morgan fingerprint density at radius 3 is 2.73 bits per heavy atom. The standard InChI is InChI=1S/C13H17N3O4S2/c1-4-16-11-6-5-9(22(14,18)19)7-10(11)15-13(16)21-8(2)12(17)20-3/h5-8H,4H2,1-3H3,(H2,14,18,19). The van der Waals surface area contributed by atoms with Crippen molar-refractivity contribution in [2.75, 3.05) is 7.11 Å². The van der Waals surface area contributed by atoms with E-state index in [1.807, 2.05) is 11.5 Å². The zero-order valence-electron chi connectivity index (χ0n) is 12.4. The molecule has 0 aliphatic heterocycles. The van der Waals surface area contributed by atoms with Gasteiger partial charge in [0, 0.05) is 6.54 Å². The summed E-state index contributed by atoms with van der Waals surface area (Å²) in [6, 6.07) is 4.55. The zero-order valence-corrected chi connectivity index (χ0v) is 14.1. The van der Waals surface area contributed by atoms with Gasteiger partial charge in [-0.05, 0) is 32.0 Å². The number of nitrogens with two attached hydrogens (primary N) is 1. The number of aromatic nitrogens is 2. The number of methoxy groups -OCH3 is 1. The van der Waals surface area contributed by atoms with Gasteiger partial charge in [-0.1, -0.05) is 11.8 Å². The lowest BCUT2D eigenvalue weighted by Gasteiger charge is -2.09. The summed E-state index contributed by atoms with van der Waals surface area (Å²) in [5.41, 5.74) is 1.31. The summed E-state index contributed by atoms with van der Waals surface area (Å²) in [6.45, 7) is 4.31. The Hall–Kier alpha value is -1.58. The van der Waals surface area contributed by atoms with Crippen LogP contribution < -0.4 is 5.14 Å². The number of benzene rings is 1. The summed E-state index contributed by atoms with van der Waals surface area (Å²) in [4.78, 5) is 16.0. The van der Waals surface area contributed by atoms with Crippen molar-refractivity contribution in [1.29, 1.82) is 0 Å². The number of carbonyl (C=O) groups excluding carboxylic acids is 1. The van der Waals surface area contributed by atoms with Crippen LogP contribution in [0.1, 0.15) is 13.8 Å². The number of sulfonamides is 1. The van der Waals surface area contributed by atoms with Gasteiger partial charge in [-0.25, -0.2) is 18.5 Å². The van der Waals surface area contributed by atoms with Gasteiger partial charge in [-0.15, -0.1) is 0 Å². The third kappa shape index (κ3) is 3.26. The molecule has 0 amide bonds. The molecule has 0 aliphatic carbocycles. The highest BCUT2D eigenvalue weighted by Gasteiger charge is 2.20. The van der Waals surface area contributed by atoms with E-state index in [0.717, 1.165) is 5.52 Å². The van der Waals surface area contributed by atoms with Crippen LogP contribution in [0.15, 0.2) is 28.3 Å². The smallest absolute Gasteiger partial charge is 0.318 e. The molecule has 120 valence electrons. The van der Waals surface area contributed by atoms with Crippen molar-refractivity contribution in [3.05, 3.63) is 18.2 Å². The van der Waals surface area contributed by atoms with Gasteiger partial charge in [-0.3, -0.25) is 4.79 Å². The van der Waals surface area contributed by atoms with Crippen LogP contribution in [0.4, 0.5) is 0 Å². The first-order valence-corrected chi connectivity index (χ1v) is 8.98. The summed E-state index contributed by atoms with van der Waals surface area (Å²) in [5.74, 6) is -0.343. The molecule has 0 bridgehead atoms. The molecule has 9 heteroatoms. The number of primary sulfonamides is 1. The van der Waals surface area contributed by atoms with Gasteiger partial charge in [0.05, 0.1) is 23.0 Å². The van der Waals surface area contributed by atoms with Gasteiger partial charge < -0.3 is 9.30 Å². The van der Waals surface area contributed by atoms with Gasteiger partial charge in [0.2, 0.25) is 10.0 Å². The van der Waals surface area contributed by atoms with Crippen LogP contribution in [-0.4, -0.2) is 36.3 Å². The van der Waals surface area contributed by atoms with Crippen molar-refractivity contribution in [1.82, 2.24) is 9.55 Å². The molecule has 2 rings (SSSR count). The third-order valence-corrected chi connectivity index (χ3v) is 5.12. The minimum atomic E-state index is -3.78. The molecule has 0 radical (unpaired) electrons. The maximum Gasteiger partial charge on any atom is 0.318 e. The van der Waals surface area contributed by atoms with E-state index >= 15 is 0 Å². The maximum atomic E-state index is 11.5. The van der Waals surface area contributed by atoms with E-state index in [9.17, 15) is 13.2 Å². The Bertz CT molecular complexity index is 814. The van der Waals surface area contributed by atoms with Crippen molar-refractivity contribution < 1.29 is 17.9 Å². The highest BCUT2D eigenvalue weighted by atomic mass is 32.2. The van der Waals surface area contributed by atoms with E-state index in [0.29, 0.717) is 17.2 Å². The summed E-state index contributed by atoms with van der Waals surface area (Å²) in [5, 5.41) is 5.35. The molecular weight excluding hydrogens is 326 g/mol. The van der Waals surface area contributed by atoms with Crippen molar-refractivity contribution in [2.45, 2.75) is 35.7 Å². The number of hydrogen-bond donors (Lipinski definition) is 1. The molecule has 0 saturated carbocycles. The molecule has 0 saturated heterocycles. The normalized spacial score (nSPS) is 13.3. The number of nitrogens with zero attached hydrogens (tertiary/aromatic N) is 2. The Kier molecular flexibility index (Phi) is 4.78. The summed E-state index contributed by atoms with van der Waals surface area (Å²) >= 11 is 1.26. The first-order valence-electron chi connectivity index (χ1n) is 6.55. The van der Waals surface area contributed by atoms with Crippen molar-refractivity contribution in [2.24, 2.45) is 5.14 Å². The first-order chi connectivity index (χ1) is 10.3. The largest absolute Gasteiger partial charge is 0.468 e. The molecule has 1 heterocycles. The number of imidazole rings is 1. The molecular formula is C13H17N3O4S2. The number of aryl methyl sites for hydroxylation is 1. The Balaban J connectivity index is 2.49. The van der Waals surface area contributed by atoms with Gasteiger partial charge in [0.1, 0.15) is 5.25 Å². The fraction of sp³-hybridized carbons (Fsp3) is 0.385.